The molecule has 1 unspecified atom stereocenters. The van der Waals surface area contributed by atoms with E-state index in [-0.39, 0.29) is 6.10 Å². The predicted molar refractivity (Wildman–Crippen MR) is 73.3 cm³/mol. The first-order valence-corrected chi connectivity index (χ1v) is 6.59. The molecule has 1 aliphatic heterocycles. The van der Waals surface area contributed by atoms with Gasteiger partial charge in [0.2, 0.25) is 0 Å². The van der Waals surface area contributed by atoms with Crippen molar-refractivity contribution in [1.29, 1.82) is 0 Å². The topological polar surface area (TPSA) is 61.0 Å². The second-order valence-corrected chi connectivity index (χ2v) is 4.72. The van der Waals surface area contributed by atoms with E-state index >= 15 is 0 Å². The van der Waals surface area contributed by atoms with Gasteiger partial charge in [-0.15, -0.1) is 0 Å². The second kappa shape index (κ2) is 5.47. The van der Waals surface area contributed by atoms with E-state index in [1.165, 1.54) is 0 Å². The number of hydrogen-bond donors (Lipinski definition) is 1. The SMILES string of the molecule is NCc1ccc(-c2cncnc2C2CCCO2)cc1. The molecule has 0 aliphatic carbocycles. The zero-order chi connectivity index (χ0) is 13.1. The minimum atomic E-state index is 0.104. The zero-order valence-corrected chi connectivity index (χ0v) is 10.7. The van der Waals surface area contributed by atoms with E-state index in [0.717, 1.165) is 41.8 Å². The Hall–Kier alpha value is -1.78. The molecule has 3 rings (SSSR count). The van der Waals surface area contributed by atoms with E-state index in [2.05, 4.69) is 22.1 Å². The van der Waals surface area contributed by atoms with E-state index in [0.29, 0.717) is 6.54 Å². The third-order valence-corrected chi connectivity index (χ3v) is 3.48. The zero-order valence-electron chi connectivity index (χ0n) is 10.7. The first kappa shape index (κ1) is 12.3. The van der Waals surface area contributed by atoms with Crippen molar-refractivity contribution in [3.63, 3.8) is 0 Å². The molecule has 1 aliphatic rings. The van der Waals surface area contributed by atoms with Crippen molar-refractivity contribution in [1.82, 2.24) is 9.97 Å². The minimum absolute atomic E-state index is 0.104. The molecule has 2 heterocycles. The summed E-state index contributed by atoms with van der Waals surface area (Å²) >= 11 is 0. The summed E-state index contributed by atoms with van der Waals surface area (Å²) in [4.78, 5) is 8.56. The fourth-order valence-electron chi connectivity index (χ4n) is 2.43. The fourth-order valence-corrected chi connectivity index (χ4v) is 2.43. The number of nitrogens with zero attached hydrogens (tertiary/aromatic N) is 2. The van der Waals surface area contributed by atoms with Crippen LogP contribution in [0.1, 0.15) is 30.2 Å². The summed E-state index contributed by atoms with van der Waals surface area (Å²) in [6.45, 7) is 1.38. The van der Waals surface area contributed by atoms with Gasteiger partial charge < -0.3 is 10.5 Å². The quantitative estimate of drug-likeness (QED) is 0.915. The van der Waals surface area contributed by atoms with Crippen molar-refractivity contribution >= 4 is 0 Å². The van der Waals surface area contributed by atoms with Crippen molar-refractivity contribution in [3.05, 3.63) is 48.0 Å². The summed E-state index contributed by atoms with van der Waals surface area (Å²) in [7, 11) is 0. The highest BCUT2D eigenvalue weighted by Crippen LogP contribution is 2.33. The van der Waals surface area contributed by atoms with Crippen LogP contribution >= 0.6 is 0 Å². The van der Waals surface area contributed by atoms with Gasteiger partial charge in [-0.25, -0.2) is 9.97 Å². The lowest BCUT2D eigenvalue weighted by molar-refractivity contribution is 0.109. The molecule has 2 aromatic rings. The Morgan fingerprint density at radius 1 is 1.26 bits per heavy atom. The first-order valence-electron chi connectivity index (χ1n) is 6.59. The fraction of sp³-hybridized carbons (Fsp3) is 0.333. The Morgan fingerprint density at radius 2 is 2.11 bits per heavy atom. The number of aromatic nitrogens is 2. The van der Waals surface area contributed by atoms with E-state index in [9.17, 15) is 0 Å². The van der Waals surface area contributed by atoms with Crippen LogP contribution < -0.4 is 5.73 Å². The molecular weight excluding hydrogens is 238 g/mol. The molecule has 2 N–H and O–H groups in total. The van der Waals surface area contributed by atoms with Crippen molar-refractivity contribution in [2.75, 3.05) is 6.61 Å². The molecule has 19 heavy (non-hydrogen) atoms. The van der Waals surface area contributed by atoms with Crippen LogP contribution in [0.3, 0.4) is 0 Å². The number of benzene rings is 1. The molecule has 0 spiro atoms. The lowest BCUT2D eigenvalue weighted by atomic mass is 10.0. The van der Waals surface area contributed by atoms with Crippen LogP contribution in [0.2, 0.25) is 0 Å². The molecule has 1 aromatic carbocycles. The van der Waals surface area contributed by atoms with E-state index < -0.39 is 0 Å². The van der Waals surface area contributed by atoms with Crippen LogP contribution in [0.25, 0.3) is 11.1 Å². The Kier molecular flexibility index (Phi) is 3.53. The predicted octanol–water partition coefficient (Wildman–Crippen LogP) is 2.45. The van der Waals surface area contributed by atoms with E-state index in [4.69, 9.17) is 10.5 Å². The Bertz CT molecular complexity index is 548. The maximum Gasteiger partial charge on any atom is 0.115 e. The Labute approximate surface area is 112 Å². The van der Waals surface area contributed by atoms with Gasteiger partial charge in [-0.05, 0) is 24.0 Å². The van der Waals surface area contributed by atoms with Crippen LogP contribution in [0, 0.1) is 0 Å². The number of rotatable bonds is 3. The van der Waals surface area contributed by atoms with Gasteiger partial charge in [-0.3, -0.25) is 0 Å². The highest BCUT2D eigenvalue weighted by Gasteiger charge is 2.22. The number of ether oxygens (including phenoxy) is 1. The summed E-state index contributed by atoms with van der Waals surface area (Å²) in [5.74, 6) is 0. The van der Waals surface area contributed by atoms with Gasteiger partial charge in [0.05, 0.1) is 5.69 Å². The van der Waals surface area contributed by atoms with Crippen molar-refractivity contribution in [2.24, 2.45) is 5.73 Å². The highest BCUT2D eigenvalue weighted by molar-refractivity contribution is 5.65. The maximum atomic E-state index is 5.74. The van der Waals surface area contributed by atoms with E-state index in [1.807, 2.05) is 18.3 Å². The molecule has 0 radical (unpaired) electrons. The van der Waals surface area contributed by atoms with Crippen LogP contribution in [0.15, 0.2) is 36.8 Å². The minimum Gasteiger partial charge on any atom is -0.372 e. The average molecular weight is 255 g/mol. The lowest BCUT2D eigenvalue weighted by Crippen LogP contribution is -2.03. The molecule has 0 bridgehead atoms. The molecule has 1 saturated heterocycles. The monoisotopic (exact) mass is 255 g/mol. The molecule has 1 fully saturated rings. The van der Waals surface area contributed by atoms with Gasteiger partial charge >= 0.3 is 0 Å². The lowest BCUT2D eigenvalue weighted by Gasteiger charge is -2.13. The van der Waals surface area contributed by atoms with Crippen LogP contribution in [0.4, 0.5) is 0 Å². The van der Waals surface area contributed by atoms with Crippen LogP contribution in [-0.2, 0) is 11.3 Å². The van der Waals surface area contributed by atoms with Crippen molar-refractivity contribution in [2.45, 2.75) is 25.5 Å². The van der Waals surface area contributed by atoms with Crippen LogP contribution in [0.5, 0.6) is 0 Å². The van der Waals surface area contributed by atoms with Crippen molar-refractivity contribution < 1.29 is 4.74 Å². The molecule has 4 nitrogen and oxygen atoms in total. The molecule has 98 valence electrons. The standard InChI is InChI=1S/C15H17N3O/c16-8-11-3-5-12(6-4-11)13-9-17-10-18-15(13)14-2-1-7-19-14/h3-6,9-10,14H,1-2,7-8,16H2. The third kappa shape index (κ3) is 2.50. The average Bonchev–Trinajstić information content (AvgIpc) is 3.01. The summed E-state index contributed by atoms with van der Waals surface area (Å²) < 4.78 is 5.74. The third-order valence-electron chi connectivity index (χ3n) is 3.48. The summed E-state index contributed by atoms with van der Waals surface area (Å²) in [5, 5.41) is 0. The van der Waals surface area contributed by atoms with Gasteiger partial charge in [-0.1, -0.05) is 24.3 Å². The van der Waals surface area contributed by atoms with Crippen LogP contribution in [-0.4, -0.2) is 16.6 Å². The first-order chi connectivity index (χ1) is 9.38. The second-order valence-electron chi connectivity index (χ2n) is 4.72. The molecule has 1 aromatic heterocycles. The Morgan fingerprint density at radius 3 is 2.79 bits per heavy atom. The molecule has 4 heteroatoms. The number of hydrogen-bond acceptors (Lipinski definition) is 4. The summed E-state index contributed by atoms with van der Waals surface area (Å²) in [5.41, 5.74) is 9.91. The summed E-state index contributed by atoms with van der Waals surface area (Å²) in [6, 6.07) is 8.22. The van der Waals surface area contributed by atoms with Gasteiger partial charge in [-0.2, -0.15) is 0 Å². The molecule has 0 amide bonds. The molecule has 0 saturated carbocycles. The highest BCUT2D eigenvalue weighted by atomic mass is 16.5. The van der Waals surface area contributed by atoms with Gasteiger partial charge in [0, 0.05) is 24.9 Å². The van der Waals surface area contributed by atoms with Gasteiger partial charge in [0.25, 0.3) is 0 Å². The maximum absolute atomic E-state index is 5.74. The normalized spacial score (nSPS) is 18.7. The van der Waals surface area contributed by atoms with Gasteiger partial charge in [0.15, 0.2) is 0 Å². The largest absolute Gasteiger partial charge is 0.372 e. The Balaban J connectivity index is 1.98. The molecular formula is C15H17N3O. The van der Waals surface area contributed by atoms with Crippen molar-refractivity contribution in [3.8, 4) is 11.1 Å². The molecule has 1 atom stereocenters. The number of nitrogens with two attached hydrogens (primary N) is 1. The van der Waals surface area contributed by atoms with E-state index in [1.54, 1.807) is 6.33 Å². The smallest absolute Gasteiger partial charge is 0.115 e. The summed E-state index contributed by atoms with van der Waals surface area (Å²) in [6.07, 6.45) is 5.69. The van der Waals surface area contributed by atoms with Gasteiger partial charge in [0.1, 0.15) is 12.4 Å².